The van der Waals surface area contributed by atoms with Crippen LogP contribution in [0.5, 0.6) is 5.88 Å². The summed E-state index contributed by atoms with van der Waals surface area (Å²) in [6.07, 6.45) is -0.533. The molecule has 0 spiro atoms. The fraction of sp³-hybridized carbons (Fsp3) is 0.296. The summed E-state index contributed by atoms with van der Waals surface area (Å²) >= 11 is 0. The van der Waals surface area contributed by atoms with Crippen molar-refractivity contribution < 1.29 is 18.3 Å². The number of alkyl halides is 2. The van der Waals surface area contributed by atoms with E-state index in [2.05, 4.69) is 15.0 Å². The average molecular weight is 492 g/mol. The number of nitrogens with zero attached hydrogens (tertiary/aromatic N) is 4. The van der Waals surface area contributed by atoms with E-state index < -0.39 is 12.5 Å². The van der Waals surface area contributed by atoms with Gasteiger partial charge in [-0.3, -0.25) is 9.69 Å². The molecule has 2 aromatic heterocycles. The van der Waals surface area contributed by atoms with Crippen LogP contribution < -0.4 is 4.74 Å². The fourth-order valence-corrected chi connectivity index (χ4v) is 4.69. The summed E-state index contributed by atoms with van der Waals surface area (Å²) in [6.45, 7) is 0.662. The Morgan fingerprint density at radius 3 is 2.69 bits per heavy atom. The Balaban J connectivity index is 1.46. The smallest absolute Gasteiger partial charge is 0.251 e. The zero-order valence-electron chi connectivity index (χ0n) is 19.9. The zero-order valence-corrected chi connectivity index (χ0v) is 19.9. The molecule has 1 unspecified atom stereocenters. The van der Waals surface area contributed by atoms with Gasteiger partial charge in [-0.2, -0.15) is 0 Å². The number of aromatic nitrogens is 3. The van der Waals surface area contributed by atoms with Gasteiger partial charge in [0.25, 0.3) is 6.43 Å². The van der Waals surface area contributed by atoms with Gasteiger partial charge in [-0.05, 0) is 17.7 Å². The largest absolute Gasteiger partial charge is 0.480 e. The predicted octanol–water partition coefficient (Wildman–Crippen LogP) is 4.33. The second kappa shape index (κ2) is 10.4. The van der Waals surface area contributed by atoms with Crippen molar-refractivity contribution in [3.05, 3.63) is 78.2 Å². The lowest BCUT2D eigenvalue weighted by molar-refractivity contribution is -0.136. The van der Waals surface area contributed by atoms with E-state index >= 15 is 0 Å². The number of carbonyl (C=O) groups excluding carboxylic acids is 1. The Hall–Kier alpha value is -3.85. The molecule has 0 saturated carbocycles. The number of H-pyrrole nitrogens is 1. The Morgan fingerprint density at radius 2 is 1.92 bits per heavy atom. The van der Waals surface area contributed by atoms with Crippen molar-refractivity contribution >= 4 is 16.8 Å². The fourth-order valence-electron chi connectivity index (χ4n) is 4.69. The molecular formula is C27H27F2N5O2. The number of para-hydroxylation sites is 1. The van der Waals surface area contributed by atoms with E-state index in [1.54, 1.807) is 23.1 Å². The molecule has 186 valence electrons. The summed E-state index contributed by atoms with van der Waals surface area (Å²) in [7, 11) is 1.56. The molecule has 1 aliphatic heterocycles. The van der Waals surface area contributed by atoms with Crippen molar-refractivity contribution in [2.45, 2.75) is 18.9 Å². The van der Waals surface area contributed by atoms with Crippen LogP contribution >= 0.6 is 0 Å². The third-order valence-electron chi connectivity index (χ3n) is 6.46. The third-order valence-corrected chi connectivity index (χ3v) is 6.46. The lowest BCUT2D eigenvalue weighted by Gasteiger charge is -2.40. The van der Waals surface area contributed by atoms with Gasteiger partial charge in [-0.25, -0.2) is 18.7 Å². The molecule has 4 aromatic rings. The first-order valence-electron chi connectivity index (χ1n) is 11.8. The zero-order chi connectivity index (χ0) is 25.1. The monoisotopic (exact) mass is 491 g/mol. The Labute approximate surface area is 207 Å². The van der Waals surface area contributed by atoms with E-state index in [0.717, 1.165) is 22.0 Å². The number of rotatable bonds is 7. The van der Waals surface area contributed by atoms with Crippen LogP contribution in [0.4, 0.5) is 8.78 Å². The third kappa shape index (κ3) is 5.06. The molecule has 3 heterocycles. The molecule has 0 radical (unpaired) electrons. The molecule has 0 bridgehead atoms. The van der Waals surface area contributed by atoms with Crippen LogP contribution in [-0.2, 0) is 11.2 Å². The number of halogens is 2. The van der Waals surface area contributed by atoms with E-state index in [4.69, 9.17) is 4.74 Å². The van der Waals surface area contributed by atoms with Crippen molar-refractivity contribution in [2.24, 2.45) is 0 Å². The van der Waals surface area contributed by atoms with Crippen molar-refractivity contribution in [2.75, 3.05) is 33.3 Å². The van der Waals surface area contributed by atoms with Crippen LogP contribution in [0, 0.1) is 0 Å². The van der Waals surface area contributed by atoms with Crippen LogP contribution in [-0.4, -0.2) is 70.4 Å². The molecule has 36 heavy (non-hydrogen) atoms. The van der Waals surface area contributed by atoms with Crippen molar-refractivity contribution in [3.63, 3.8) is 0 Å². The molecule has 1 atom stereocenters. The highest BCUT2D eigenvalue weighted by atomic mass is 19.3. The number of nitrogens with one attached hydrogen (secondary N) is 1. The van der Waals surface area contributed by atoms with Crippen LogP contribution in [0.25, 0.3) is 22.2 Å². The van der Waals surface area contributed by atoms with Gasteiger partial charge in [0.15, 0.2) is 0 Å². The molecule has 1 saturated heterocycles. The van der Waals surface area contributed by atoms with Gasteiger partial charge in [0, 0.05) is 25.0 Å². The van der Waals surface area contributed by atoms with Gasteiger partial charge in [0.05, 0.1) is 43.0 Å². The number of piperazine rings is 1. The first kappa shape index (κ1) is 23.9. The Kier molecular flexibility index (Phi) is 6.90. The summed E-state index contributed by atoms with van der Waals surface area (Å²) in [5, 5.41) is 0.949. The van der Waals surface area contributed by atoms with E-state index in [9.17, 15) is 13.6 Å². The molecule has 1 N–H and O–H groups in total. The van der Waals surface area contributed by atoms with Crippen molar-refractivity contribution in [1.29, 1.82) is 0 Å². The Bertz CT molecular complexity index is 1340. The molecule has 5 rings (SSSR count). The minimum Gasteiger partial charge on any atom is -0.480 e. The van der Waals surface area contributed by atoms with E-state index in [1.165, 1.54) is 0 Å². The highest BCUT2D eigenvalue weighted by Crippen LogP contribution is 2.32. The lowest BCUT2D eigenvalue weighted by Crippen LogP contribution is -2.52. The number of carbonyl (C=O) groups is 1. The van der Waals surface area contributed by atoms with Gasteiger partial charge < -0.3 is 14.6 Å². The molecule has 0 aliphatic carbocycles. The molecule has 1 fully saturated rings. The highest BCUT2D eigenvalue weighted by Gasteiger charge is 2.34. The number of fused-ring (bicyclic) bond motifs is 1. The maximum absolute atomic E-state index is 13.3. The minimum atomic E-state index is -2.45. The SMILES string of the molecule is COc1nc2ccccc2cc1-c1cnc(C2CN(CC(F)F)CCN2C(=O)Cc2ccccc2)[nH]1. The number of amides is 1. The second-order valence-corrected chi connectivity index (χ2v) is 8.84. The van der Waals surface area contributed by atoms with Crippen molar-refractivity contribution in [3.8, 4) is 17.1 Å². The number of benzene rings is 2. The second-order valence-electron chi connectivity index (χ2n) is 8.84. The summed E-state index contributed by atoms with van der Waals surface area (Å²) in [5.74, 6) is 0.926. The van der Waals surface area contributed by atoms with Gasteiger partial charge in [0.2, 0.25) is 11.8 Å². The highest BCUT2D eigenvalue weighted by molar-refractivity contribution is 5.85. The molecule has 2 aromatic carbocycles. The molecule has 1 aliphatic rings. The predicted molar refractivity (Wildman–Crippen MR) is 133 cm³/mol. The maximum Gasteiger partial charge on any atom is 0.251 e. The number of pyridine rings is 1. The number of ether oxygens (including phenoxy) is 1. The maximum atomic E-state index is 13.3. The quantitative estimate of drug-likeness (QED) is 0.417. The van der Waals surface area contributed by atoms with Gasteiger partial charge in [-0.15, -0.1) is 0 Å². The first-order valence-corrected chi connectivity index (χ1v) is 11.8. The lowest BCUT2D eigenvalue weighted by atomic mass is 10.1. The molecular weight excluding hydrogens is 464 g/mol. The topological polar surface area (TPSA) is 74.4 Å². The molecule has 9 heteroatoms. The number of methoxy groups -OCH3 is 1. The van der Waals surface area contributed by atoms with Crippen LogP contribution in [0.15, 0.2) is 66.9 Å². The minimum absolute atomic E-state index is 0.0641. The van der Waals surface area contributed by atoms with Crippen LogP contribution in [0.1, 0.15) is 17.4 Å². The first-order chi connectivity index (χ1) is 17.5. The van der Waals surface area contributed by atoms with Gasteiger partial charge in [0.1, 0.15) is 11.9 Å². The summed E-state index contributed by atoms with van der Waals surface area (Å²) in [6, 6.07) is 18.7. The van der Waals surface area contributed by atoms with E-state index in [1.807, 2.05) is 60.7 Å². The number of aromatic amines is 1. The Morgan fingerprint density at radius 1 is 1.14 bits per heavy atom. The number of imidazole rings is 1. The standard InChI is InChI=1S/C27H27F2N5O2/c1-36-27-20(14-19-9-5-6-10-21(19)32-27)22-15-30-26(31-22)23-16-33(17-24(28)29)11-12-34(23)25(35)13-18-7-3-2-4-8-18/h2-10,14-15,23-24H,11-13,16-17H2,1H3,(H,30,31). The van der Waals surface area contributed by atoms with E-state index in [-0.39, 0.29) is 25.4 Å². The molecule has 1 amide bonds. The molecule has 7 nitrogen and oxygen atoms in total. The summed E-state index contributed by atoms with van der Waals surface area (Å²) < 4.78 is 31.9. The van der Waals surface area contributed by atoms with Crippen molar-refractivity contribution in [1.82, 2.24) is 24.8 Å². The number of hydrogen-bond donors (Lipinski definition) is 1. The van der Waals surface area contributed by atoms with Gasteiger partial charge >= 0.3 is 0 Å². The summed E-state index contributed by atoms with van der Waals surface area (Å²) in [5.41, 5.74) is 3.13. The normalized spacial score (nSPS) is 16.6. The van der Waals surface area contributed by atoms with Crippen LogP contribution in [0.2, 0.25) is 0 Å². The average Bonchev–Trinajstić information content (AvgIpc) is 3.38. The van der Waals surface area contributed by atoms with E-state index in [0.29, 0.717) is 30.5 Å². The van der Waals surface area contributed by atoms with Crippen LogP contribution in [0.3, 0.4) is 0 Å². The number of hydrogen-bond acceptors (Lipinski definition) is 5. The summed E-state index contributed by atoms with van der Waals surface area (Å²) in [4.78, 5) is 29.2. The van der Waals surface area contributed by atoms with Gasteiger partial charge in [-0.1, -0.05) is 48.5 Å².